The summed E-state index contributed by atoms with van der Waals surface area (Å²) >= 11 is 0. The molecule has 0 fully saturated rings. The van der Waals surface area contributed by atoms with Crippen molar-refractivity contribution in [3.8, 4) is 16.8 Å². The van der Waals surface area contributed by atoms with E-state index in [1.54, 1.807) is 0 Å². The molecule has 2 heteroatoms. The van der Waals surface area contributed by atoms with E-state index in [0.717, 1.165) is 52.6 Å². The second kappa shape index (κ2) is 13.6. The summed E-state index contributed by atoms with van der Waals surface area (Å²) in [4.78, 5) is 4.54. The lowest BCUT2D eigenvalue weighted by atomic mass is 9.79. The van der Waals surface area contributed by atoms with Gasteiger partial charge in [-0.25, -0.2) is 0 Å². The van der Waals surface area contributed by atoms with Crippen molar-refractivity contribution in [3.63, 3.8) is 0 Å². The van der Waals surface area contributed by atoms with Crippen molar-refractivity contribution >= 4 is 38.5 Å². The highest BCUT2D eigenvalue weighted by Crippen LogP contribution is 2.42. The van der Waals surface area contributed by atoms with Gasteiger partial charge < -0.3 is 4.57 Å². The number of nitrogens with zero attached hydrogens (tertiary/aromatic N) is 2. The molecule has 0 unspecified atom stereocenters. The van der Waals surface area contributed by atoms with Crippen LogP contribution in [0.4, 0.5) is 0 Å². The van der Waals surface area contributed by atoms with Gasteiger partial charge in [0, 0.05) is 28.9 Å². The lowest BCUT2D eigenvalue weighted by molar-refractivity contribution is 1.01. The molecule has 0 atom stereocenters. The smallest absolute Gasteiger partial charge is 0.0571 e. The Bertz CT molecular complexity index is 2610. The van der Waals surface area contributed by atoms with Gasteiger partial charge in [0.15, 0.2) is 0 Å². The van der Waals surface area contributed by atoms with Gasteiger partial charge in [0.2, 0.25) is 0 Å². The van der Waals surface area contributed by atoms with E-state index in [1.807, 2.05) is 18.5 Å². The van der Waals surface area contributed by atoms with Crippen molar-refractivity contribution in [2.75, 3.05) is 0 Å². The molecule has 0 spiro atoms. The highest BCUT2D eigenvalue weighted by Gasteiger charge is 2.22. The number of pyridine rings is 1. The summed E-state index contributed by atoms with van der Waals surface area (Å²) in [6.07, 6.45) is 18.4. The molecule has 0 bridgehead atoms. The van der Waals surface area contributed by atoms with E-state index >= 15 is 0 Å². The first-order chi connectivity index (χ1) is 25.7. The van der Waals surface area contributed by atoms with Crippen molar-refractivity contribution in [1.29, 1.82) is 0 Å². The zero-order valence-electron chi connectivity index (χ0n) is 28.9. The van der Waals surface area contributed by atoms with Crippen LogP contribution < -0.4 is 0 Å². The van der Waals surface area contributed by atoms with Crippen LogP contribution in [0.3, 0.4) is 0 Å². The topological polar surface area (TPSA) is 17.8 Å². The van der Waals surface area contributed by atoms with Crippen LogP contribution in [0.2, 0.25) is 0 Å². The second-order valence-electron chi connectivity index (χ2n) is 13.3. The quantitative estimate of drug-likeness (QED) is 0.166. The van der Waals surface area contributed by atoms with Crippen LogP contribution in [0.1, 0.15) is 36.0 Å². The Morgan fingerprint density at radius 1 is 0.635 bits per heavy atom. The maximum Gasteiger partial charge on any atom is 0.0571 e. The Morgan fingerprint density at radius 3 is 2.12 bits per heavy atom. The monoisotopic (exact) mass is 664 g/mol. The fraction of sp³-hybridized carbons (Fsp3) is 0.0600. The SMILES string of the molecule is C=C(C1=CCCC=C1/C(=C1/C=CC(c2ccc3c(c2)c2cnccc2n3-c2ccc(-c3ccccc3)cc2)=CC1)c1cc#ccc1)c1ccccc1. The maximum atomic E-state index is 4.57. The fourth-order valence-corrected chi connectivity index (χ4v) is 7.71. The van der Waals surface area contributed by atoms with E-state index in [4.69, 9.17) is 0 Å². The number of allylic oxidation sites excluding steroid dienone is 11. The zero-order valence-corrected chi connectivity index (χ0v) is 28.9. The van der Waals surface area contributed by atoms with Crippen LogP contribution in [0, 0.1) is 12.1 Å². The Kier molecular flexibility index (Phi) is 8.16. The molecule has 0 aliphatic heterocycles. The molecule has 0 saturated heterocycles. The summed E-state index contributed by atoms with van der Waals surface area (Å²) in [7, 11) is 0. The van der Waals surface area contributed by atoms with E-state index < -0.39 is 0 Å². The first kappa shape index (κ1) is 31.3. The van der Waals surface area contributed by atoms with Crippen molar-refractivity contribution < 1.29 is 0 Å². The summed E-state index contributed by atoms with van der Waals surface area (Å²) in [6, 6.07) is 51.3. The average Bonchev–Trinajstić information content (AvgIpc) is 3.56. The maximum absolute atomic E-state index is 4.57. The fourth-order valence-electron chi connectivity index (χ4n) is 7.71. The Hall–Kier alpha value is -6.69. The van der Waals surface area contributed by atoms with Crippen LogP contribution >= 0.6 is 0 Å². The summed E-state index contributed by atoms with van der Waals surface area (Å²) < 4.78 is 2.35. The molecule has 5 aromatic carbocycles. The Morgan fingerprint density at radius 2 is 1.37 bits per heavy atom. The zero-order chi connectivity index (χ0) is 34.9. The minimum Gasteiger partial charge on any atom is -0.309 e. The second-order valence-corrected chi connectivity index (χ2v) is 13.3. The number of fused-ring (bicyclic) bond motifs is 3. The molecule has 7 aromatic rings. The number of hydrogen-bond acceptors (Lipinski definition) is 1. The molecule has 0 amide bonds. The van der Waals surface area contributed by atoms with Gasteiger partial charge in [0.1, 0.15) is 0 Å². The van der Waals surface area contributed by atoms with Gasteiger partial charge in [-0.1, -0.05) is 128 Å². The molecule has 2 aromatic heterocycles. The van der Waals surface area contributed by atoms with E-state index in [9.17, 15) is 0 Å². The number of aromatic nitrogens is 2. The van der Waals surface area contributed by atoms with Gasteiger partial charge in [0.05, 0.1) is 11.0 Å². The van der Waals surface area contributed by atoms with Crippen molar-refractivity contribution in [3.05, 3.63) is 222 Å². The predicted molar refractivity (Wildman–Crippen MR) is 218 cm³/mol. The standard InChI is InChI=1S/C50H36N2/c1-35(36-13-5-2-6-14-36)44-19-11-12-20-45(44)50(40-17-9-4-10-18-40)41-23-21-39(22-24-41)42-27-30-48-46(33-42)47-34-51-32-31-49(47)52(48)43-28-25-38(26-29-43)37-15-7-3-8-16-37/h2-3,5-9,13-23,25-34H,1,11-12,24H2/b50-41-. The highest BCUT2D eigenvalue weighted by atomic mass is 15.0. The third kappa shape index (κ3) is 5.73. The lowest BCUT2D eigenvalue weighted by Gasteiger charge is -2.24. The normalized spacial score (nSPS) is 15.1. The van der Waals surface area contributed by atoms with Crippen LogP contribution in [0.25, 0.3) is 55.3 Å². The number of benzene rings is 4. The van der Waals surface area contributed by atoms with Gasteiger partial charge in [-0.2, -0.15) is 0 Å². The molecule has 2 aliphatic rings. The molecule has 52 heavy (non-hydrogen) atoms. The minimum atomic E-state index is 0.817. The van der Waals surface area contributed by atoms with Gasteiger partial charge in [-0.3, -0.25) is 4.98 Å². The predicted octanol–water partition coefficient (Wildman–Crippen LogP) is 12.6. The third-order valence-corrected chi connectivity index (χ3v) is 10.3. The Balaban J connectivity index is 1.08. The van der Waals surface area contributed by atoms with Gasteiger partial charge in [0.25, 0.3) is 0 Å². The Labute approximate surface area is 305 Å². The largest absolute Gasteiger partial charge is 0.309 e. The van der Waals surface area contributed by atoms with E-state index in [2.05, 4.69) is 180 Å². The van der Waals surface area contributed by atoms with Crippen LogP contribution in [-0.2, 0) is 0 Å². The first-order valence-corrected chi connectivity index (χ1v) is 17.9. The number of rotatable bonds is 7. The summed E-state index contributed by atoms with van der Waals surface area (Å²) in [5.41, 5.74) is 16.6. The molecule has 9 rings (SSSR count). The van der Waals surface area contributed by atoms with E-state index in [-0.39, 0.29) is 0 Å². The molecule has 2 aliphatic carbocycles. The molecular weight excluding hydrogens is 629 g/mol. The van der Waals surface area contributed by atoms with Crippen LogP contribution in [0.15, 0.2) is 193 Å². The van der Waals surface area contributed by atoms with Crippen LogP contribution in [0.5, 0.6) is 0 Å². The summed E-state index contributed by atoms with van der Waals surface area (Å²) in [5, 5.41) is 2.34. The molecule has 0 N–H and O–H groups in total. The van der Waals surface area contributed by atoms with E-state index in [1.165, 1.54) is 55.5 Å². The van der Waals surface area contributed by atoms with Gasteiger partial charge in [-0.05, 0) is 129 Å². The van der Waals surface area contributed by atoms with Gasteiger partial charge in [-0.15, -0.1) is 0 Å². The lowest BCUT2D eigenvalue weighted by Crippen LogP contribution is -2.04. The average molecular weight is 665 g/mol. The molecular formula is C50H36N2. The molecule has 2 heterocycles. The van der Waals surface area contributed by atoms with Crippen molar-refractivity contribution in [1.82, 2.24) is 9.55 Å². The highest BCUT2D eigenvalue weighted by molar-refractivity contribution is 6.10. The van der Waals surface area contributed by atoms with Crippen molar-refractivity contribution in [2.45, 2.75) is 19.3 Å². The first-order valence-electron chi connectivity index (χ1n) is 17.9. The molecule has 2 nitrogen and oxygen atoms in total. The van der Waals surface area contributed by atoms with E-state index in [0.29, 0.717) is 0 Å². The molecule has 0 saturated carbocycles. The summed E-state index contributed by atoms with van der Waals surface area (Å²) in [5.74, 6) is 0. The number of hydrogen-bond donors (Lipinski definition) is 0. The van der Waals surface area contributed by atoms with Crippen molar-refractivity contribution in [2.24, 2.45) is 0 Å². The van der Waals surface area contributed by atoms with Crippen LogP contribution in [-0.4, -0.2) is 9.55 Å². The molecule has 0 radical (unpaired) electrons. The molecule has 246 valence electrons. The van der Waals surface area contributed by atoms with Gasteiger partial charge >= 0.3 is 0 Å². The third-order valence-electron chi connectivity index (χ3n) is 10.3. The summed E-state index contributed by atoms with van der Waals surface area (Å²) in [6.45, 7) is 4.57. The minimum absolute atomic E-state index is 0.817.